The lowest BCUT2D eigenvalue weighted by atomic mass is 10.2. The van der Waals surface area contributed by atoms with E-state index in [4.69, 9.17) is 13.9 Å². The van der Waals surface area contributed by atoms with Crippen molar-refractivity contribution in [2.24, 2.45) is 0 Å². The molecule has 9 nitrogen and oxygen atoms in total. The molecule has 0 bridgehead atoms. The summed E-state index contributed by atoms with van der Waals surface area (Å²) in [5.41, 5.74) is 2.80. The van der Waals surface area contributed by atoms with Crippen molar-refractivity contribution >= 4 is 11.8 Å². The Kier molecular flexibility index (Phi) is 5.60. The number of ether oxygens (including phenoxy) is 2. The summed E-state index contributed by atoms with van der Waals surface area (Å²) >= 11 is 0. The second-order valence-corrected chi connectivity index (χ2v) is 6.96. The Labute approximate surface area is 184 Å². The van der Waals surface area contributed by atoms with Crippen molar-refractivity contribution in [1.29, 1.82) is 0 Å². The Bertz CT molecular complexity index is 1200. The summed E-state index contributed by atoms with van der Waals surface area (Å²) < 4.78 is 16.9. The minimum absolute atomic E-state index is 0.145. The molecule has 3 aromatic heterocycles. The third-order valence-electron chi connectivity index (χ3n) is 4.77. The molecule has 0 radical (unpaired) electrons. The van der Waals surface area contributed by atoms with Crippen LogP contribution in [0.5, 0.6) is 0 Å². The van der Waals surface area contributed by atoms with Crippen LogP contribution in [0.1, 0.15) is 11.1 Å². The summed E-state index contributed by atoms with van der Waals surface area (Å²) in [6.07, 6.45) is 6.80. The van der Waals surface area contributed by atoms with Crippen LogP contribution >= 0.6 is 0 Å². The molecule has 0 saturated heterocycles. The highest BCUT2D eigenvalue weighted by atomic mass is 16.7. The molecule has 1 N–H and O–H groups in total. The van der Waals surface area contributed by atoms with Crippen LogP contribution in [0.25, 0.3) is 11.5 Å². The quantitative estimate of drug-likeness (QED) is 0.447. The molecule has 0 amide bonds. The maximum absolute atomic E-state index is 6.04. The van der Waals surface area contributed by atoms with Gasteiger partial charge in [0.1, 0.15) is 12.1 Å². The number of anilines is 2. The number of hydrogen-bond acceptors (Lipinski definition) is 9. The zero-order chi connectivity index (χ0) is 21.6. The highest BCUT2D eigenvalue weighted by Gasteiger charge is 2.24. The number of nitrogens with zero attached hydrogens (tertiary/aromatic N) is 5. The van der Waals surface area contributed by atoms with Crippen LogP contribution in [0.15, 0.2) is 89.8 Å². The predicted molar refractivity (Wildman–Crippen MR) is 117 cm³/mol. The van der Waals surface area contributed by atoms with Gasteiger partial charge in [0, 0.05) is 25.1 Å². The van der Waals surface area contributed by atoms with Crippen molar-refractivity contribution in [1.82, 2.24) is 20.2 Å². The van der Waals surface area contributed by atoms with Crippen LogP contribution in [0.4, 0.5) is 11.8 Å². The zero-order valence-electron chi connectivity index (χ0n) is 17.1. The fourth-order valence-electron chi connectivity index (χ4n) is 3.22. The number of pyridine rings is 2. The summed E-state index contributed by atoms with van der Waals surface area (Å²) in [6.45, 7) is 1.19. The van der Waals surface area contributed by atoms with Crippen molar-refractivity contribution in [3.05, 3.63) is 96.5 Å². The maximum Gasteiger partial charge on any atom is 0.325 e. The summed E-state index contributed by atoms with van der Waals surface area (Å²) in [5.74, 6) is 1.49. The number of aromatic nitrogens is 4. The van der Waals surface area contributed by atoms with E-state index in [1.165, 1.54) is 6.26 Å². The molecule has 4 heterocycles. The number of nitrogens with one attached hydrogen (secondary N) is 1. The monoisotopic (exact) mass is 428 g/mol. The number of benzene rings is 1. The van der Waals surface area contributed by atoms with Gasteiger partial charge in [-0.1, -0.05) is 41.5 Å². The van der Waals surface area contributed by atoms with Gasteiger partial charge < -0.3 is 19.2 Å². The highest BCUT2D eigenvalue weighted by Crippen LogP contribution is 2.30. The minimum atomic E-state index is 0.145. The normalized spacial score (nSPS) is 12.6. The standard InChI is InChI=1S/C23H20N6O3/c1-2-6-17(7-3-1)14-29(20-15-30-16-31-20)23-28-27-22(32-23)19-9-5-11-25-21(19)26-13-18-8-4-10-24-12-18/h1-12,15H,13-14,16H2,(H,25,26). The van der Waals surface area contributed by atoms with Gasteiger partial charge in [-0.15, -0.1) is 5.10 Å². The molecule has 0 aliphatic carbocycles. The average molecular weight is 428 g/mol. The lowest BCUT2D eigenvalue weighted by Crippen LogP contribution is -2.22. The molecule has 5 rings (SSSR count). The average Bonchev–Trinajstić information content (AvgIpc) is 3.56. The van der Waals surface area contributed by atoms with E-state index < -0.39 is 0 Å². The van der Waals surface area contributed by atoms with E-state index in [9.17, 15) is 0 Å². The van der Waals surface area contributed by atoms with E-state index in [0.717, 1.165) is 11.1 Å². The highest BCUT2D eigenvalue weighted by molar-refractivity contribution is 5.69. The Morgan fingerprint density at radius 1 is 0.938 bits per heavy atom. The summed E-state index contributed by atoms with van der Waals surface area (Å²) in [4.78, 5) is 10.4. The van der Waals surface area contributed by atoms with E-state index in [1.54, 1.807) is 23.5 Å². The van der Waals surface area contributed by atoms with Gasteiger partial charge >= 0.3 is 6.01 Å². The van der Waals surface area contributed by atoms with Gasteiger partial charge in [0.2, 0.25) is 12.7 Å². The van der Waals surface area contributed by atoms with Crippen molar-refractivity contribution in [3.63, 3.8) is 0 Å². The molecule has 1 aliphatic heterocycles. The molecule has 1 aliphatic rings. The van der Waals surface area contributed by atoms with Gasteiger partial charge in [-0.2, -0.15) is 0 Å². The molecular formula is C23H20N6O3. The molecule has 0 unspecified atom stereocenters. The zero-order valence-corrected chi connectivity index (χ0v) is 17.1. The molecule has 160 valence electrons. The lowest BCUT2D eigenvalue weighted by molar-refractivity contribution is 0.0776. The smallest absolute Gasteiger partial charge is 0.325 e. The van der Waals surface area contributed by atoms with Crippen molar-refractivity contribution < 1.29 is 13.9 Å². The van der Waals surface area contributed by atoms with Crippen LogP contribution < -0.4 is 10.2 Å². The lowest BCUT2D eigenvalue weighted by Gasteiger charge is -2.19. The van der Waals surface area contributed by atoms with Gasteiger partial charge in [-0.25, -0.2) is 4.98 Å². The van der Waals surface area contributed by atoms with Crippen molar-refractivity contribution in [2.75, 3.05) is 17.0 Å². The second kappa shape index (κ2) is 9.17. The van der Waals surface area contributed by atoms with E-state index in [1.807, 2.05) is 54.6 Å². The summed E-state index contributed by atoms with van der Waals surface area (Å²) in [5, 5.41) is 11.8. The molecule has 0 fully saturated rings. The van der Waals surface area contributed by atoms with Gasteiger partial charge in [0.25, 0.3) is 5.89 Å². The SMILES string of the molecule is C1=C(N(Cc2ccccc2)c2nnc(-c3cccnc3NCc3cccnc3)o2)OCO1. The molecule has 0 spiro atoms. The van der Waals surface area contributed by atoms with Crippen LogP contribution in [0, 0.1) is 0 Å². The number of hydrogen-bond donors (Lipinski definition) is 1. The molecule has 1 aromatic carbocycles. The third-order valence-corrected chi connectivity index (χ3v) is 4.77. The molecular weight excluding hydrogens is 408 g/mol. The van der Waals surface area contributed by atoms with E-state index >= 15 is 0 Å². The topological polar surface area (TPSA) is 98.4 Å². The minimum Gasteiger partial charge on any atom is -0.459 e. The Hall–Kier alpha value is -4.40. The van der Waals surface area contributed by atoms with Crippen LogP contribution in [0.3, 0.4) is 0 Å². The number of rotatable bonds is 8. The molecule has 32 heavy (non-hydrogen) atoms. The fourth-order valence-corrected chi connectivity index (χ4v) is 3.22. The first-order valence-corrected chi connectivity index (χ1v) is 10.0. The fraction of sp³-hybridized carbons (Fsp3) is 0.130. The largest absolute Gasteiger partial charge is 0.459 e. The molecule has 9 heteroatoms. The predicted octanol–water partition coefficient (Wildman–Crippen LogP) is 3.95. The Morgan fingerprint density at radius 2 is 1.81 bits per heavy atom. The van der Waals surface area contributed by atoms with E-state index in [-0.39, 0.29) is 6.79 Å². The van der Waals surface area contributed by atoms with Crippen molar-refractivity contribution in [3.8, 4) is 11.5 Å². The maximum atomic E-state index is 6.04. The Morgan fingerprint density at radius 3 is 2.62 bits per heavy atom. The second-order valence-electron chi connectivity index (χ2n) is 6.96. The molecule has 4 aromatic rings. The van der Waals surface area contributed by atoms with Crippen LogP contribution in [-0.2, 0) is 22.6 Å². The Balaban J connectivity index is 1.41. The van der Waals surface area contributed by atoms with E-state index in [0.29, 0.717) is 42.3 Å². The van der Waals surface area contributed by atoms with Gasteiger partial charge in [-0.3, -0.25) is 9.88 Å². The van der Waals surface area contributed by atoms with E-state index in [2.05, 4.69) is 25.5 Å². The summed E-state index contributed by atoms with van der Waals surface area (Å²) in [7, 11) is 0. The van der Waals surface area contributed by atoms with Gasteiger partial charge in [0.05, 0.1) is 12.1 Å². The van der Waals surface area contributed by atoms with Gasteiger partial charge in [-0.05, 0) is 29.3 Å². The molecule has 0 atom stereocenters. The molecule has 0 saturated carbocycles. The first-order chi connectivity index (χ1) is 15.9. The van der Waals surface area contributed by atoms with Gasteiger partial charge in [0.15, 0.2) is 0 Å². The van der Waals surface area contributed by atoms with Crippen LogP contribution in [-0.4, -0.2) is 27.0 Å². The third kappa shape index (κ3) is 4.36. The van der Waals surface area contributed by atoms with Crippen molar-refractivity contribution in [2.45, 2.75) is 13.1 Å². The first kappa shape index (κ1) is 19.6. The summed E-state index contributed by atoms with van der Waals surface area (Å²) in [6, 6.07) is 17.8. The first-order valence-electron chi connectivity index (χ1n) is 10.0. The van der Waals surface area contributed by atoms with Crippen LogP contribution in [0.2, 0.25) is 0 Å².